The lowest BCUT2D eigenvalue weighted by atomic mass is 10.0. The summed E-state index contributed by atoms with van der Waals surface area (Å²) in [6.45, 7) is 1.22. The van der Waals surface area contributed by atoms with Crippen LogP contribution in [0, 0.1) is 0 Å². The van der Waals surface area contributed by atoms with E-state index < -0.39 is 37.0 Å². The van der Waals surface area contributed by atoms with Crippen molar-refractivity contribution in [2.45, 2.75) is 50.6 Å². The Bertz CT molecular complexity index is 245. The molecule has 0 aromatic heterocycles. The Balaban J connectivity index is 0. The Morgan fingerprint density at radius 3 is 1.95 bits per heavy atom. The van der Waals surface area contributed by atoms with Crippen LogP contribution in [0.25, 0.3) is 0 Å². The van der Waals surface area contributed by atoms with Gasteiger partial charge in [-0.1, -0.05) is 13.3 Å². The number of aldehydes is 1. The van der Waals surface area contributed by atoms with Crippen molar-refractivity contribution < 1.29 is 40.2 Å². The fourth-order valence-corrected chi connectivity index (χ4v) is 0.946. The second-order valence-corrected chi connectivity index (χ2v) is 3.86. The van der Waals surface area contributed by atoms with Crippen LogP contribution < -0.4 is 0 Å². The smallest absolute Gasteiger partial charge is 0.303 e. The highest BCUT2D eigenvalue weighted by molar-refractivity contribution is 5.66. The van der Waals surface area contributed by atoms with Crippen molar-refractivity contribution in [1.29, 1.82) is 0 Å². The summed E-state index contributed by atoms with van der Waals surface area (Å²) in [4.78, 5) is 19.7. The molecule has 114 valence electrons. The molecule has 4 unspecified atom stereocenters. The minimum absolute atomic E-state index is 0.0258. The lowest BCUT2D eigenvalue weighted by Gasteiger charge is -2.22. The maximum Gasteiger partial charge on any atom is 0.303 e. The molecule has 0 aromatic carbocycles. The van der Waals surface area contributed by atoms with E-state index in [1.165, 1.54) is 0 Å². The van der Waals surface area contributed by atoms with E-state index in [-0.39, 0.29) is 6.29 Å². The predicted octanol–water partition coefficient (Wildman–Crippen LogP) is -2.12. The van der Waals surface area contributed by atoms with Gasteiger partial charge >= 0.3 is 5.97 Å². The molecule has 0 rings (SSSR count). The first-order chi connectivity index (χ1) is 8.81. The molecule has 8 nitrogen and oxygen atoms in total. The molecule has 0 saturated carbocycles. The van der Waals surface area contributed by atoms with Crippen LogP contribution in [0.3, 0.4) is 0 Å². The second-order valence-electron chi connectivity index (χ2n) is 3.86. The maximum absolute atomic E-state index is 9.90. The SMILES string of the molecule is CCCCC(=O)O.O=CC(O)C(O)C(O)C(O)CO. The quantitative estimate of drug-likeness (QED) is 0.276. The molecule has 6 N–H and O–H groups in total. The first kappa shape index (κ1) is 20.3. The first-order valence-electron chi connectivity index (χ1n) is 5.81. The summed E-state index contributed by atoms with van der Waals surface area (Å²) in [7, 11) is 0. The lowest BCUT2D eigenvalue weighted by molar-refractivity contribution is -0.137. The van der Waals surface area contributed by atoms with Gasteiger partial charge in [-0.15, -0.1) is 0 Å². The molecule has 0 aliphatic rings. The summed E-state index contributed by atoms with van der Waals surface area (Å²) in [6.07, 6.45) is -4.76. The molecule has 0 bridgehead atoms. The van der Waals surface area contributed by atoms with Gasteiger partial charge < -0.3 is 35.4 Å². The van der Waals surface area contributed by atoms with E-state index in [9.17, 15) is 9.59 Å². The van der Waals surface area contributed by atoms with Crippen LogP contribution >= 0.6 is 0 Å². The molecular weight excluding hydrogens is 260 g/mol. The van der Waals surface area contributed by atoms with Gasteiger partial charge in [0.15, 0.2) is 6.29 Å². The molecule has 0 radical (unpaired) electrons. The van der Waals surface area contributed by atoms with E-state index in [4.69, 9.17) is 30.6 Å². The van der Waals surface area contributed by atoms with E-state index in [0.29, 0.717) is 6.42 Å². The molecule has 0 heterocycles. The van der Waals surface area contributed by atoms with Crippen LogP contribution in [0.2, 0.25) is 0 Å². The molecule has 0 aliphatic heterocycles. The van der Waals surface area contributed by atoms with Crippen molar-refractivity contribution in [3.8, 4) is 0 Å². The molecule has 0 aromatic rings. The Kier molecular flexibility index (Phi) is 12.8. The minimum atomic E-state index is -1.79. The van der Waals surface area contributed by atoms with Crippen molar-refractivity contribution in [2.75, 3.05) is 6.61 Å². The number of aliphatic hydroxyl groups excluding tert-OH is 5. The molecule has 0 spiro atoms. The summed E-state index contributed by atoms with van der Waals surface area (Å²) in [5, 5.41) is 51.6. The van der Waals surface area contributed by atoms with Gasteiger partial charge in [-0.2, -0.15) is 0 Å². The predicted molar refractivity (Wildman–Crippen MR) is 64.3 cm³/mol. The van der Waals surface area contributed by atoms with Crippen LogP contribution in [-0.2, 0) is 9.59 Å². The van der Waals surface area contributed by atoms with Gasteiger partial charge in [-0.25, -0.2) is 0 Å². The van der Waals surface area contributed by atoms with Gasteiger partial charge in [-0.05, 0) is 6.42 Å². The molecule has 0 saturated heterocycles. The van der Waals surface area contributed by atoms with Gasteiger partial charge in [0.1, 0.15) is 24.4 Å². The highest BCUT2D eigenvalue weighted by Crippen LogP contribution is 2.02. The Hall–Kier alpha value is -1.06. The van der Waals surface area contributed by atoms with Crippen molar-refractivity contribution >= 4 is 12.3 Å². The number of unbranched alkanes of at least 4 members (excludes halogenated alkanes) is 1. The zero-order valence-electron chi connectivity index (χ0n) is 10.7. The topological polar surface area (TPSA) is 156 Å². The highest BCUT2D eigenvalue weighted by Gasteiger charge is 2.29. The Morgan fingerprint density at radius 1 is 1.16 bits per heavy atom. The second kappa shape index (κ2) is 12.0. The zero-order valence-corrected chi connectivity index (χ0v) is 10.7. The normalized spacial score (nSPS) is 16.5. The largest absolute Gasteiger partial charge is 0.481 e. The third kappa shape index (κ3) is 10.5. The van der Waals surface area contributed by atoms with Crippen LogP contribution in [0.1, 0.15) is 26.2 Å². The number of carbonyl (C=O) groups excluding carboxylic acids is 1. The van der Waals surface area contributed by atoms with Crippen molar-refractivity contribution in [1.82, 2.24) is 0 Å². The summed E-state index contributed by atoms with van der Waals surface area (Å²) >= 11 is 0. The summed E-state index contributed by atoms with van der Waals surface area (Å²) in [5.74, 6) is -0.693. The standard InChI is InChI=1S/C6H12O6.C5H10O2/c7-1-3(9)5(11)6(12)4(10)2-8;1-2-3-4-5(6)7/h1,3-6,8-12H,2H2;2-4H2,1H3,(H,6,7). The van der Waals surface area contributed by atoms with Crippen LogP contribution in [0.15, 0.2) is 0 Å². The van der Waals surface area contributed by atoms with Gasteiger partial charge in [0.25, 0.3) is 0 Å². The van der Waals surface area contributed by atoms with Gasteiger partial charge in [0.2, 0.25) is 0 Å². The molecular formula is C11H22O8. The van der Waals surface area contributed by atoms with Crippen molar-refractivity contribution in [3.63, 3.8) is 0 Å². The maximum atomic E-state index is 9.90. The zero-order chi connectivity index (χ0) is 15.4. The van der Waals surface area contributed by atoms with E-state index in [1.54, 1.807) is 0 Å². The summed E-state index contributed by atoms with van der Waals surface area (Å²) in [6, 6.07) is 0. The molecule has 0 amide bonds. The third-order valence-corrected chi connectivity index (χ3v) is 2.16. The number of rotatable bonds is 8. The molecule has 4 atom stereocenters. The average Bonchev–Trinajstić information content (AvgIpc) is 2.42. The number of aliphatic carboxylic acids is 1. The average molecular weight is 282 g/mol. The van der Waals surface area contributed by atoms with E-state index in [0.717, 1.165) is 12.8 Å². The Morgan fingerprint density at radius 2 is 1.68 bits per heavy atom. The van der Waals surface area contributed by atoms with Crippen LogP contribution in [0.5, 0.6) is 0 Å². The van der Waals surface area contributed by atoms with E-state index in [1.807, 2.05) is 6.92 Å². The Labute approximate surface area is 110 Å². The van der Waals surface area contributed by atoms with Gasteiger partial charge in [0, 0.05) is 6.42 Å². The van der Waals surface area contributed by atoms with Crippen LogP contribution in [-0.4, -0.2) is 73.9 Å². The number of hydrogen-bond donors (Lipinski definition) is 6. The van der Waals surface area contributed by atoms with Crippen molar-refractivity contribution in [2.24, 2.45) is 0 Å². The van der Waals surface area contributed by atoms with Gasteiger partial charge in [-0.3, -0.25) is 4.79 Å². The first-order valence-corrected chi connectivity index (χ1v) is 5.81. The number of carbonyl (C=O) groups is 2. The fraction of sp³-hybridized carbons (Fsp3) is 0.818. The molecule has 19 heavy (non-hydrogen) atoms. The molecule has 0 aliphatic carbocycles. The van der Waals surface area contributed by atoms with Crippen molar-refractivity contribution in [3.05, 3.63) is 0 Å². The van der Waals surface area contributed by atoms with E-state index >= 15 is 0 Å². The monoisotopic (exact) mass is 282 g/mol. The number of carboxylic acids is 1. The van der Waals surface area contributed by atoms with Gasteiger partial charge in [0.05, 0.1) is 6.61 Å². The number of aliphatic hydroxyl groups is 5. The van der Waals surface area contributed by atoms with E-state index in [2.05, 4.69) is 0 Å². The fourth-order valence-electron chi connectivity index (χ4n) is 0.946. The van der Waals surface area contributed by atoms with Crippen LogP contribution in [0.4, 0.5) is 0 Å². The summed E-state index contributed by atoms with van der Waals surface area (Å²) < 4.78 is 0. The summed E-state index contributed by atoms with van der Waals surface area (Å²) in [5.41, 5.74) is 0. The lowest BCUT2D eigenvalue weighted by Crippen LogP contribution is -2.46. The minimum Gasteiger partial charge on any atom is -0.481 e. The number of hydrogen-bond acceptors (Lipinski definition) is 7. The molecule has 8 heteroatoms. The highest BCUT2D eigenvalue weighted by atomic mass is 16.4. The third-order valence-electron chi connectivity index (χ3n) is 2.16. The number of carboxylic acid groups (broad SMARTS) is 1. The molecule has 0 fully saturated rings.